The van der Waals surface area contributed by atoms with Crippen LogP contribution in [0.15, 0.2) is 0 Å². The van der Waals surface area contributed by atoms with Gasteiger partial charge in [-0.1, -0.05) is 0 Å². The highest BCUT2D eigenvalue weighted by atomic mass is 32.1. The van der Waals surface area contributed by atoms with Gasteiger partial charge in [0.1, 0.15) is 24.2 Å². The number of hydrogen-bond acceptors (Lipinski definition) is 10. The van der Waals surface area contributed by atoms with Crippen LogP contribution in [0.5, 0.6) is 0 Å². The fraction of sp³-hybridized carbons (Fsp3) is 0.625. The molecule has 0 aromatic rings. The number of aliphatic hydroxyl groups is 2. The zero-order valence-corrected chi connectivity index (χ0v) is 18.0. The van der Waals surface area contributed by atoms with Crippen LogP contribution in [-0.4, -0.2) is 100 Å². The number of carboxylic acid groups (broad SMARTS) is 1. The Kier molecular flexibility index (Phi) is 12.9. The van der Waals surface area contributed by atoms with E-state index in [2.05, 4.69) is 28.6 Å². The second-order valence-electron chi connectivity index (χ2n) is 6.58. The molecule has 0 fully saturated rings. The number of aliphatic carboxylic acids is 1. The van der Waals surface area contributed by atoms with Crippen molar-refractivity contribution in [3.63, 3.8) is 0 Å². The maximum absolute atomic E-state index is 12.4. The number of hydrogen-bond donors (Lipinski definition) is 10. The van der Waals surface area contributed by atoms with E-state index in [-0.39, 0.29) is 5.75 Å². The molecule has 0 aliphatic heterocycles. The van der Waals surface area contributed by atoms with Gasteiger partial charge in [-0.25, -0.2) is 0 Å². The molecule has 5 atom stereocenters. The highest BCUT2D eigenvalue weighted by molar-refractivity contribution is 7.80. The molecule has 0 saturated heterocycles. The number of aliphatic hydroxyl groups excluding tert-OH is 2. The van der Waals surface area contributed by atoms with Crippen molar-refractivity contribution in [1.82, 2.24) is 21.3 Å². The minimum Gasteiger partial charge on any atom is -0.480 e. The Labute approximate surface area is 188 Å². The fourth-order valence-corrected chi connectivity index (χ4v) is 2.25. The molecular formula is C16H28N6O9S. The minimum absolute atomic E-state index is 0.0446. The van der Waals surface area contributed by atoms with Crippen LogP contribution in [0.3, 0.4) is 0 Å². The molecule has 0 rings (SSSR count). The Morgan fingerprint density at radius 1 is 0.812 bits per heavy atom. The van der Waals surface area contributed by atoms with Crippen molar-refractivity contribution in [3.05, 3.63) is 0 Å². The Balaban J connectivity index is 5.26. The first-order chi connectivity index (χ1) is 14.9. The van der Waals surface area contributed by atoms with Crippen molar-refractivity contribution in [1.29, 1.82) is 0 Å². The molecule has 16 heteroatoms. The van der Waals surface area contributed by atoms with Crippen LogP contribution in [0.2, 0.25) is 0 Å². The van der Waals surface area contributed by atoms with Crippen LogP contribution in [0.1, 0.15) is 13.3 Å². The molecule has 0 spiro atoms. The number of carboxylic acids is 1. The van der Waals surface area contributed by atoms with Gasteiger partial charge in [-0.15, -0.1) is 0 Å². The molecular weight excluding hydrogens is 452 g/mol. The zero-order chi connectivity index (χ0) is 25.0. The van der Waals surface area contributed by atoms with Crippen molar-refractivity contribution in [3.8, 4) is 0 Å². The normalized spacial score (nSPS) is 15.3. The average Bonchev–Trinajstić information content (AvgIpc) is 2.73. The molecule has 32 heavy (non-hydrogen) atoms. The van der Waals surface area contributed by atoms with Gasteiger partial charge in [-0.2, -0.15) is 12.6 Å². The highest BCUT2D eigenvalue weighted by Crippen LogP contribution is 1.97. The second-order valence-corrected chi connectivity index (χ2v) is 6.94. The van der Waals surface area contributed by atoms with Crippen molar-refractivity contribution in [2.75, 3.05) is 19.0 Å². The van der Waals surface area contributed by atoms with E-state index in [1.54, 1.807) is 0 Å². The van der Waals surface area contributed by atoms with Crippen LogP contribution >= 0.6 is 12.6 Å². The molecule has 11 N–H and O–H groups in total. The lowest BCUT2D eigenvalue weighted by Crippen LogP contribution is -2.60. The van der Waals surface area contributed by atoms with E-state index < -0.39 is 85.3 Å². The van der Waals surface area contributed by atoms with Crippen molar-refractivity contribution in [2.45, 2.75) is 43.6 Å². The van der Waals surface area contributed by atoms with E-state index in [4.69, 9.17) is 16.6 Å². The minimum atomic E-state index is -1.66. The Morgan fingerprint density at radius 3 is 1.59 bits per heavy atom. The predicted molar refractivity (Wildman–Crippen MR) is 111 cm³/mol. The van der Waals surface area contributed by atoms with Gasteiger partial charge >= 0.3 is 5.97 Å². The summed E-state index contributed by atoms with van der Waals surface area (Å²) in [5.41, 5.74) is 10.5. The van der Waals surface area contributed by atoms with Crippen LogP contribution in [-0.2, 0) is 28.8 Å². The van der Waals surface area contributed by atoms with Gasteiger partial charge in [0.05, 0.1) is 25.7 Å². The molecule has 0 aliphatic carbocycles. The Hall–Kier alpha value is -2.95. The first-order valence-corrected chi connectivity index (χ1v) is 9.81. The molecule has 5 unspecified atom stereocenters. The summed E-state index contributed by atoms with van der Waals surface area (Å²) in [4.78, 5) is 70.7. The van der Waals surface area contributed by atoms with Crippen molar-refractivity contribution in [2.24, 2.45) is 11.5 Å². The van der Waals surface area contributed by atoms with Crippen LogP contribution < -0.4 is 32.7 Å². The summed E-state index contributed by atoms with van der Waals surface area (Å²) in [7, 11) is 0. The highest BCUT2D eigenvalue weighted by Gasteiger charge is 2.31. The third kappa shape index (κ3) is 9.90. The molecule has 0 saturated carbocycles. The van der Waals surface area contributed by atoms with E-state index in [9.17, 15) is 39.0 Å². The summed E-state index contributed by atoms with van der Waals surface area (Å²) < 4.78 is 0. The molecule has 0 radical (unpaired) electrons. The molecule has 15 nitrogen and oxygen atoms in total. The summed E-state index contributed by atoms with van der Waals surface area (Å²) in [6.07, 6.45) is -0.701. The molecule has 0 heterocycles. The summed E-state index contributed by atoms with van der Waals surface area (Å²) in [5, 5.41) is 35.9. The number of carbonyl (C=O) groups excluding carboxylic acids is 5. The zero-order valence-electron chi connectivity index (χ0n) is 17.1. The largest absolute Gasteiger partial charge is 0.480 e. The number of thiol groups is 1. The Bertz CT molecular complexity index is 722. The lowest BCUT2D eigenvalue weighted by atomic mass is 10.1. The summed E-state index contributed by atoms with van der Waals surface area (Å²) in [5.74, 6) is -6.45. The first-order valence-electron chi connectivity index (χ1n) is 9.18. The molecule has 5 amide bonds. The maximum atomic E-state index is 12.4. The second kappa shape index (κ2) is 14.2. The predicted octanol–water partition coefficient (Wildman–Crippen LogP) is -5.85. The molecule has 0 aliphatic rings. The van der Waals surface area contributed by atoms with Gasteiger partial charge in [0.2, 0.25) is 29.5 Å². The molecule has 182 valence electrons. The van der Waals surface area contributed by atoms with E-state index >= 15 is 0 Å². The molecule has 0 aromatic heterocycles. The molecule has 0 bridgehead atoms. The van der Waals surface area contributed by atoms with Crippen LogP contribution in [0, 0.1) is 0 Å². The maximum Gasteiger partial charge on any atom is 0.325 e. The molecule has 0 aromatic carbocycles. The van der Waals surface area contributed by atoms with E-state index in [0.29, 0.717) is 0 Å². The van der Waals surface area contributed by atoms with E-state index in [1.165, 1.54) is 0 Å². The number of primary amides is 1. The monoisotopic (exact) mass is 480 g/mol. The topological polar surface area (TPSA) is 263 Å². The fourth-order valence-electron chi connectivity index (χ4n) is 2.08. The SMILES string of the molecule is CC(NC(=O)C(CC(N)=O)NC(=O)C(CO)NC(=O)C(CO)NC(=O)C(N)CS)C(=O)O. The third-order valence-electron chi connectivity index (χ3n) is 3.93. The average molecular weight is 481 g/mol. The standard InChI is InChI=1S/C16H28N6O9S/c1-6(16(30)31)19-13(27)8(2-11(18)25)20-14(28)10(4-24)22-15(29)9(3-23)21-12(26)7(17)5-32/h6-10,23-24,32H,2-5,17H2,1H3,(H2,18,25)(H,19,27)(H,20,28)(H,21,26)(H,22,29)(H,30,31). The van der Waals surface area contributed by atoms with Gasteiger partial charge < -0.3 is 48.1 Å². The Morgan fingerprint density at radius 2 is 1.22 bits per heavy atom. The van der Waals surface area contributed by atoms with Gasteiger partial charge in [-0.3, -0.25) is 28.8 Å². The lowest BCUT2D eigenvalue weighted by molar-refractivity contribution is -0.142. The van der Waals surface area contributed by atoms with Crippen molar-refractivity contribution < 1.29 is 44.1 Å². The number of rotatable bonds is 14. The number of nitrogens with two attached hydrogens (primary N) is 2. The van der Waals surface area contributed by atoms with E-state index in [0.717, 1.165) is 6.92 Å². The number of nitrogens with one attached hydrogen (secondary N) is 4. The van der Waals surface area contributed by atoms with Crippen LogP contribution in [0.25, 0.3) is 0 Å². The quantitative estimate of drug-likeness (QED) is 0.105. The first kappa shape index (κ1) is 29.1. The third-order valence-corrected chi connectivity index (χ3v) is 4.33. The number of amides is 5. The van der Waals surface area contributed by atoms with Gasteiger partial charge in [0, 0.05) is 5.75 Å². The summed E-state index contributed by atoms with van der Waals surface area (Å²) >= 11 is 3.83. The van der Waals surface area contributed by atoms with Gasteiger partial charge in [0.15, 0.2) is 0 Å². The van der Waals surface area contributed by atoms with Gasteiger partial charge in [-0.05, 0) is 6.92 Å². The van der Waals surface area contributed by atoms with Gasteiger partial charge in [0.25, 0.3) is 0 Å². The summed E-state index contributed by atoms with van der Waals surface area (Å²) in [6.45, 7) is -0.685. The summed E-state index contributed by atoms with van der Waals surface area (Å²) in [6, 6.07) is -7.20. The number of carbonyl (C=O) groups is 6. The van der Waals surface area contributed by atoms with E-state index in [1.807, 2.05) is 5.32 Å². The smallest absolute Gasteiger partial charge is 0.325 e. The lowest BCUT2D eigenvalue weighted by Gasteiger charge is -2.24. The van der Waals surface area contributed by atoms with Crippen molar-refractivity contribution >= 4 is 48.1 Å². The van der Waals surface area contributed by atoms with Crippen LogP contribution in [0.4, 0.5) is 0 Å².